The fourth-order valence-electron chi connectivity index (χ4n) is 3.92. The van der Waals surface area contributed by atoms with Crippen LogP contribution < -0.4 is 20.3 Å². The maximum Gasteiger partial charge on any atom is 0.127 e. The van der Waals surface area contributed by atoms with E-state index in [1.807, 2.05) is 43.3 Å². The Labute approximate surface area is 184 Å². The Morgan fingerprint density at radius 3 is 2.57 bits per heavy atom. The van der Waals surface area contributed by atoms with Crippen LogP contribution in [0.25, 0.3) is 24.0 Å². The summed E-state index contributed by atoms with van der Waals surface area (Å²) in [5, 5.41) is 15.3. The Morgan fingerprint density at radius 1 is 1.27 bits per heavy atom. The number of likely N-dealkylation sites (N-methyl/N-ethyl adjacent to an activating group) is 1. The highest BCUT2D eigenvalue weighted by Crippen LogP contribution is 2.27. The van der Waals surface area contributed by atoms with Gasteiger partial charge in [0.1, 0.15) is 5.75 Å². The lowest BCUT2D eigenvalue weighted by Crippen LogP contribution is -2.37. The van der Waals surface area contributed by atoms with E-state index in [1.165, 1.54) is 5.57 Å². The zero-order chi connectivity index (χ0) is 21.7. The maximum atomic E-state index is 13.2. The molecule has 1 aliphatic rings. The monoisotopic (exact) mass is 422 g/mol. The second-order valence-corrected chi connectivity index (χ2v) is 7.88. The number of methoxy groups -OCH3 is 1. The summed E-state index contributed by atoms with van der Waals surface area (Å²) >= 11 is 5.95. The van der Waals surface area contributed by atoms with Gasteiger partial charge in [-0.1, -0.05) is 62.4 Å². The Morgan fingerprint density at radius 2 is 2.00 bits per heavy atom. The number of rotatable bonds is 6. The largest absolute Gasteiger partial charge is 0.872 e. The molecule has 0 bridgehead atoms. The van der Waals surface area contributed by atoms with Gasteiger partial charge in [0.2, 0.25) is 0 Å². The first-order valence-corrected chi connectivity index (χ1v) is 10.8. The molecule has 4 heteroatoms. The van der Waals surface area contributed by atoms with Crippen LogP contribution in [0.15, 0.2) is 42.5 Å². The SMILES string of the molecule is C=c1c(C2=CCN(CC)CC2)c(OC)cc(CC)c1=C([O-])/C=C/c1ccc(Cl)cc1. The van der Waals surface area contributed by atoms with E-state index < -0.39 is 0 Å². The van der Waals surface area contributed by atoms with E-state index >= 15 is 0 Å². The Kier molecular flexibility index (Phi) is 7.41. The molecule has 0 aromatic heterocycles. The van der Waals surface area contributed by atoms with Gasteiger partial charge in [0.05, 0.1) is 7.11 Å². The first-order chi connectivity index (χ1) is 14.5. The minimum atomic E-state index is -0.0395. The van der Waals surface area contributed by atoms with Crippen LogP contribution in [0.5, 0.6) is 5.75 Å². The first kappa shape index (κ1) is 22.2. The van der Waals surface area contributed by atoms with Gasteiger partial charge in [-0.05, 0) is 64.7 Å². The zero-order valence-electron chi connectivity index (χ0n) is 18.0. The van der Waals surface area contributed by atoms with Gasteiger partial charge in [-0.15, -0.1) is 5.76 Å². The van der Waals surface area contributed by atoms with Crippen molar-refractivity contribution in [3.05, 3.63) is 74.6 Å². The number of halogens is 1. The average molecular weight is 423 g/mol. The summed E-state index contributed by atoms with van der Waals surface area (Å²) < 4.78 is 5.71. The van der Waals surface area contributed by atoms with Crippen molar-refractivity contribution in [2.24, 2.45) is 0 Å². The summed E-state index contributed by atoms with van der Waals surface area (Å²) in [5.74, 6) is 0.758. The van der Waals surface area contributed by atoms with Crippen molar-refractivity contribution in [2.75, 3.05) is 26.7 Å². The fraction of sp³-hybridized carbons (Fsp3) is 0.308. The van der Waals surface area contributed by atoms with Crippen molar-refractivity contribution in [3.63, 3.8) is 0 Å². The van der Waals surface area contributed by atoms with Crippen LogP contribution in [0.4, 0.5) is 0 Å². The smallest absolute Gasteiger partial charge is 0.127 e. The van der Waals surface area contributed by atoms with Gasteiger partial charge in [0.15, 0.2) is 0 Å². The number of ether oxygens (including phenoxy) is 1. The molecule has 1 aliphatic heterocycles. The summed E-state index contributed by atoms with van der Waals surface area (Å²) in [6.07, 6.45) is 7.34. The molecule has 0 aliphatic carbocycles. The van der Waals surface area contributed by atoms with Crippen molar-refractivity contribution in [1.29, 1.82) is 0 Å². The van der Waals surface area contributed by atoms with Crippen molar-refractivity contribution >= 4 is 35.6 Å². The van der Waals surface area contributed by atoms with E-state index in [-0.39, 0.29) is 5.76 Å². The lowest BCUT2D eigenvalue weighted by molar-refractivity contribution is -0.243. The molecule has 3 nitrogen and oxygen atoms in total. The van der Waals surface area contributed by atoms with Gasteiger partial charge >= 0.3 is 0 Å². The topological polar surface area (TPSA) is 35.5 Å². The Balaban J connectivity index is 2.14. The third kappa shape index (κ3) is 4.80. The number of hydrogen-bond acceptors (Lipinski definition) is 3. The van der Waals surface area contributed by atoms with Gasteiger partial charge in [-0.3, -0.25) is 4.90 Å². The molecule has 0 atom stereocenters. The van der Waals surface area contributed by atoms with Gasteiger partial charge in [-0.2, -0.15) is 0 Å². The van der Waals surface area contributed by atoms with Crippen molar-refractivity contribution in [3.8, 4) is 5.75 Å². The van der Waals surface area contributed by atoms with Gasteiger partial charge in [-0.25, -0.2) is 0 Å². The molecule has 1 heterocycles. The molecular weight excluding hydrogens is 394 g/mol. The van der Waals surface area contributed by atoms with E-state index in [9.17, 15) is 5.11 Å². The quantitative estimate of drug-likeness (QED) is 0.713. The molecule has 0 N–H and O–H groups in total. The summed E-state index contributed by atoms with van der Waals surface area (Å²) in [6, 6.07) is 9.42. The highest BCUT2D eigenvalue weighted by Gasteiger charge is 2.17. The molecule has 2 aromatic carbocycles. The van der Waals surface area contributed by atoms with Gasteiger partial charge in [0, 0.05) is 23.7 Å². The molecule has 3 rings (SSSR count). The van der Waals surface area contributed by atoms with E-state index in [2.05, 4.69) is 24.5 Å². The molecule has 2 aromatic rings. The molecule has 0 amide bonds. The second-order valence-electron chi connectivity index (χ2n) is 7.44. The lowest BCUT2D eigenvalue weighted by Gasteiger charge is -2.26. The first-order valence-electron chi connectivity index (χ1n) is 10.4. The number of aryl methyl sites for hydroxylation is 1. The highest BCUT2D eigenvalue weighted by molar-refractivity contribution is 6.30. The van der Waals surface area contributed by atoms with Crippen molar-refractivity contribution in [2.45, 2.75) is 26.7 Å². The molecule has 0 saturated carbocycles. The molecule has 0 radical (unpaired) electrons. The summed E-state index contributed by atoms with van der Waals surface area (Å²) in [5.41, 5.74) is 4.06. The molecule has 0 fully saturated rings. The molecule has 0 spiro atoms. The van der Waals surface area contributed by atoms with E-state index in [0.717, 1.165) is 60.1 Å². The van der Waals surface area contributed by atoms with E-state index in [4.69, 9.17) is 16.3 Å². The molecular formula is C26H29ClNO2-. The van der Waals surface area contributed by atoms with E-state index in [0.29, 0.717) is 10.2 Å². The summed E-state index contributed by atoms with van der Waals surface area (Å²) in [6.45, 7) is 11.5. The van der Waals surface area contributed by atoms with Crippen LogP contribution in [0.2, 0.25) is 5.02 Å². The minimum absolute atomic E-state index is 0.0395. The summed E-state index contributed by atoms with van der Waals surface area (Å²) in [4.78, 5) is 2.39. The molecule has 30 heavy (non-hydrogen) atoms. The zero-order valence-corrected chi connectivity index (χ0v) is 18.8. The molecule has 0 unspecified atom stereocenters. The van der Waals surface area contributed by atoms with Crippen LogP contribution in [-0.2, 0) is 6.42 Å². The van der Waals surface area contributed by atoms with Crippen molar-refractivity contribution < 1.29 is 9.84 Å². The number of hydrogen-bond donors (Lipinski definition) is 0. The van der Waals surface area contributed by atoms with Crippen LogP contribution >= 0.6 is 11.6 Å². The number of benzene rings is 2. The highest BCUT2D eigenvalue weighted by atomic mass is 35.5. The third-order valence-corrected chi connectivity index (χ3v) is 5.93. The normalized spacial score (nSPS) is 15.9. The minimum Gasteiger partial charge on any atom is -0.872 e. The Hall–Kier alpha value is -2.49. The standard InChI is InChI=1S/C26H30ClNO2/c1-5-20-17-24(30-4)26(21-13-15-28(6-2)16-14-21)18(3)25(20)23(29)12-9-19-7-10-22(27)11-8-19/h7-13,17,29H,3,5-6,14-16H2,1-2,4H3/p-1/b12-9+,25-23?. The van der Waals surface area contributed by atoms with Crippen LogP contribution in [-0.4, -0.2) is 31.6 Å². The predicted molar refractivity (Wildman–Crippen MR) is 126 cm³/mol. The molecule has 0 saturated heterocycles. The predicted octanol–water partition coefficient (Wildman–Crippen LogP) is 3.61. The molecule has 158 valence electrons. The van der Waals surface area contributed by atoms with Crippen LogP contribution in [0, 0.1) is 0 Å². The van der Waals surface area contributed by atoms with Gasteiger partial charge < -0.3 is 9.84 Å². The fourth-order valence-corrected chi connectivity index (χ4v) is 4.05. The average Bonchev–Trinajstić information content (AvgIpc) is 2.77. The van der Waals surface area contributed by atoms with Gasteiger partial charge in [0.25, 0.3) is 0 Å². The lowest BCUT2D eigenvalue weighted by atomic mass is 9.93. The Bertz CT molecular complexity index is 1070. The third-order valence-electron chi connectivity index (χ3n) is 5.68. The number of nitrogens with zero attached hydrogens (tertiary/aromatic N) is 1. The van der Waals surface area contributed by atoms with Crippen LogP contribution in [0.1, 0.15) is 37.0 Å². The van der Waals surface area contributed by atoms with Crippen LogP contribution in [0.3, 0.4) is 0 Å². The van der Waals surface area contributed by atoms with Crippen molar-refractivity contribution in [1.82, 2.24) is 4.90 Å². The van der Waals surface area contributed by atoms with E-state index in [1.54, 1.807) is 13.2 Å². The maximum absolute atomic E-state index is 13.2. The summed E-state index contributed by atoms with van der Waals surface area (Å²) in [7, 11) is 1.68. The second kappa shape index (κ2) is 10.0.